The van der Waals surface area contributed by atoms with E-state index in [1.165, 1.54) is 12.1 Å². The largest absolute Gasteiger partial charge is 0.467 e. The zero-order valence-corrected chi connectivity index (χ0v) is 11.2. The second kappa shape index (κ2) is 6.91. The van der Waals surface area contributed by atoms with Crippen molar-refractivity contribution in [1.29, 1.82) is 0 Å². The molecule has 0 aliphatic carbocycles. The Morgan fingerprint density at radius 1 is 1.55 bits per heavy atom. The van der Waals surface area contributed by atoms with Gasteiger partial charge in [-0.1, -0.05) is 6.08 Å². The maximum Gasteiger partial charge on any atom is 0.189 e. The summed E-state index contributed by atoms with van der Waals surface area (Å²) in [6.45, 7) is 5.15. The first-order chi connectivity index (χ1) is 9.70. The fraction of sp³-hybridized carbons (Fsp3) is 0.357. The second-order valence-corrected chi connectivity index (χ2v) is 4.35. The minimum Gasteiger partial charge on any atom is -0.467 e. The van der Waals surface area contributed by atoms with Gasteiger partial charge < -0.3 is 20.5 Å². The minimum atomic E-state index is -0.297. The minimum absolute atomic E-state index is 0.192. The van der Waals surface area contributed by atoms with Crippen LogP contribution in [0.1, 0.15) is 11.1 Å². The first kappa shape index (κ1) is 14.3. The summed E-state index contributed by atoms with van der Waals surface area (Å²) in [5.74, 6) is 0.750. The first-order valence-electron chi connectivity index (χ1n) is 6.37. The maximum atomic E-state index is 13.5. The number of aliphatic imine (C=N–C) groups is 1. The molecule has 0 atom stereocenters. The maximum absolute atomic E-state index is 13.5. The van der Waals surface area contributed by atoms with Gasteiger partial charge >= 0.3 is 0 Å². The van der Waals surface area contributed by atoms with Crippen molar-refractivity contribution in [1.82, 2.24) is 5.32 Å². The summed E-state index contributed by atoms with van der Waals surface area (Å²) in [5.41, 5.74) is 7.17. The average molecular weight is 279 g/mol. The molecule has 2 rings (SSSR count). The number of rotatable bonds is 5. The molecule has 0 spiro atoms. The Bertz CT molecular complexity index is 517. The van der Waals surface area contributed by atoms with E-state index in [0.717, 1.165) is 11.1 Å². The Morgan fingerprint density at radius 3 is 3.20 bits per heavy atom. The predicted molar refractivity (Wildman–Crippen MR) is 75.1 cm³/mol. The van der Waals surface area contributed by atoms with Crippen LogP contribution in [-0.4, -0.2) is 25.8 Å². The monoisotopic (exact) mass is 279 g/mol. The van der Waals surface area contributed by atoms with Crippen molar-refractivity contribution in [3.05, 3.63) is 41.7 Å². The smallest absolute Gasteiger partial charge is 0.189 e. The van der Waals surface area contributed by atoms with Gasteiger partial charge in [-0.15, -0.1) is 6.58 Å². The third kappa shape index (κ3) is 3.71. The van der Waals surface area contributed by atoms with Gasteiger partial charge in [0.1, 0.15) is 11.6 Å². The SMILES string of the molecule is C=CCNC(N)=NCCc1cc(F)cc2c1OCOC2. The van der Waals surface area contributed by atoms with Crippen LogP contribution in [0.15, 0.2) is 29.8 Å². The molecule has 0 saturated carbocycles. The summed E-state index contributed by atoms with van der Waals surface area (Å²) in [6, 6.07) is 2.90. The van der Waals surface area contributed by atoms with Gasteiger partial charge in [-0.25, -0.2) is 4.39 Å². The highest BCUT2D eigenvalue weighted by Crippen LogP contribution is 2.29. The number of guanidine groups is 1. The fourth-order valence-electron chi connectivity index (χ4n) is 1.97. The molecule has 0 amide bonds. The zero-order valence-electron chi connectivity index (χ0n) is 11.2. The number of fused-ring (bicyclic) bond motifs is 1. The molecule has 0 aromatic heterocycles. The summed E-state index contributed by atoms with van der Waals surface area (Å²) in [6.07, 6.45) is 2.25. The van der Waals surface area contributed by atoms with Crippen molar-refractivity contribution >= 4 is 5.96 Å². The van der Waals surface area contributed by atoms with Crippen LogP contribution in [-0.2, 0) is 17.8 Å². The summed E-state index contributed by atoms with van der Waals surface area (Å²) in [5, 5.41) is 2.88. The van der Waals surface area contributed by atoms with Gasteiger partial charge in [0.2, 0.25) is 0 Å². The molecule has 6 heteroatoms. The van der Waals surface area contributed by atoms with E-state index in [2.05, 4.69) is 16.9 Å². The lowest BCUT2D eigenvalue weighted by atomic mass is 10.1. The molecule has 3 N–H and O–H groups in total. The third-order valence-corrected chi connectivity index (χ3v) is 2.84. The van der Waals surface area contributed by atoms with Gasteiger partial charge in [0.15, 0.2) is 12.8 Å². The number of ether oxygens (including phenoxy) is 2. The molecule has 1 heterocycles. The highest BCUT2D eigenvalue weighted by Gasteiger charge is 2.16. The van der Waals surface area contributed by atoms with E-state index in [1.807, 2.05) is 0 Å². The Labute approximate surface area is 117 Å². The molecule has 1 aromatic carbocycles. The van der Waals surface area contributed by atoms with E-state index < -0.39 is 0 Å². The topological polar surface area (TPSA) is 68.9 Å². The van der Waals surface area contributed by atoms with E-state index in [1.54, 1.807) is 6.08 Å². The Kier molecular flexibility index (Phi) is 4.95. The first-order valence-corrected chi connectivity index (χ1v) is 6.37. The number of benzene rings is 1. The highest BCUT2D eigenvalue weighted by atomic mass is 19.1. The normalized spacial score (nSPS) is 14.3. The number of hydrogen-bond donors (Lipinski definition) is 2. The van der Waals surface area contributed by atoms with Crippen LogP contribution < -0.4 is 15.8 Å². The molecule has 108 valence electrons. The van der Waals surface area contributed by atoms with E-state index in [9.17, 15) is 4.39 Å². The molecule has 20 heavy (non-hydrogen) atoms. The van der Waals surface area contributed by atoms with Gasteiger partial charge in [-0.3, -0.25) is 4.99 Å². The van der Waals surface area contributed by atoms with Gasteiger partial charge in [0.05, 0.1) is 6.61 Å². The van der Waals surface area contributed by atoms with Crippen LogP contribution in [0, 0.1) is 5.82 Å². The Morgan fingerprint density at radius 2 is 2.40 bits per heavy atom. The number of halogens is 1. The molecule has 5 nitrogen and oxygen atoms in total. The van der Waals surface area contributed by atoms with Gasteiger partial charge in [0.25, 0.3) is 0 Å². The quantitative estimate of drug-likeness (QED) is 0.484. The standard InChI is InChI=1S/C14H18FN3O2/c1-2-4-17-14(16)18-5-3-10-6-12(15)7-11-8-19-9-20-13(10)11/h2,6-7H,1,3-5,8-9H2,(H3,16,17,18). The van der Waals surface area contributed by atoms with Gasteiger partial charge in [-0.2, -0.15) is 0 Å². The lowest BCUT2D eigenvalue weighted by Gasteiger charge is -2.20. The summed E-state index contributed by atoms with van der Waals surface area (Å²) in [7, 11) is 0. The summed E-state index contributed by atoms with van der Waals surface area (Å²) < 4.78 is 24.1. The molecule has 0 radical (unpaired) electrons. The molecule has 0 bridgehead atoms. The van der Waals surface area contributed by atoms with Crippen LogP contribution in [0.3, 0.4) is 0 Å². The number of nitrogens with one attached hydrogen (secondary N) is 1. The van der Waals surface area contributed by atoms with Crippen molar-refractivity contribution in [2.24, 2.45) is 10.7 Å². The summed E-state index contributed by atoms with van der Waals surface area (Å²) in [4.78, 5) is 4.16. The molecule has 1 aliphatic rings. The molecule has 0 unspecified atom stereocenters. The number of nitrogens with two attached hydrogens (primary N) is 1. The van der Waals surface area contributed by atoms with E-state index in [-0.39, 0.29) is 12.6 Å². The highest BCUT2D eigenvalue weighted by molar-refractivity contribution is 5.77. The average Bonchev–Trinajstić information content (AvgIpc) is 2.45. The molecule has 0 saturated heterocycles. The second-order valence-electron chi connectivity index (χ2n) is 4.35. The van der Waals surface area contributed by atoms with E-state index >= 15 is 0 Å². The van der Waals surface area contributed by atoms with E-state index in [0.29, 0.717) is 37.8 Å². The molecular weight excluding hydrogens is 261 g/mol. The zero-order chi connectivity index (χ0) is 14.4. The van der Waals surface area contributed by atoms with Crippen molar-refractivity contribution < 1.29 is 13.9 Å². The Hall–Kier alpha value is -2.08. The van der Waals surface area contributed by atoms with Crippen LogP contribution >= 0.6 is 0 Å². The molecule has 0 fully saturated rings. The van der Waals surface area contributed by atoms with Gasteiger partial charge in [-0.05, 0) is 24.1 Å². The number of nitrogens with zero attached hydrogens (tertiary/aromatic N) is 1. The van der Waals surface area contributed by atoms with Crippen LogP contribution in [0.25, 0.3) is 0 Å². The van der Waals surface area contributed by atoms with Crippen LogP contribution in [0.2, 0.25) is 0 Å². The van der Waals surface area contributed by atoms with Crippen molar-refractivity contribution in [3.8, 4) is 5.75 Å². The fourth-order valence-corrected chi connectivity index (χ4v) is 1.97. The molecule has 1 aromatic rings. The van der Waals surface area contributed by atoms with Crippen molar-refractivity contribution in [2.45, 2.75) is 13.0 Å². The third-order valence-electron chi connectivity index (χ3n) is 2.84. The lowest BCUT2D eigenvalue weighted by molar-refractivity contribution is -0.0172. The molecule has 1 aliphatic heterocycles. The van der Waals surface area contributed by atoms with E-state index in [4.69, 9.17) is 15.2 Å². The molecular formula is C14H18FN3O2. The van der Waals surface area contributed by atoms with Crippen LogP contribution in [0.5, 0.6) is 5.75 Å². The lowest BCUT2D eigenvalue weighted by Crippen LogP contribution is -2.31. The van der Waals surface area contributed by atoms with Crippen molar-refractivity contribution in [2.75, 3.05) is 19.9 Å². The van der Waals surface area contributed by atoms with Crippen molar-refractivity contribution in [3.63, 3.8) is 0 Å². The number of hydrogen-bond acceptors (Lipinski definition) is 3. The summed E-state index contributed by atoms with van der Waals surface area (Å²) >= 11 is 0. The predicted octanol–water partition coefficient (Wildman–Crippen LogP) is 1.32. The van der Waals surface area contributed by atoms with Crippen LogP contribution in [0.4, 0.5) is 4.39 Å². The Balaban J connectivity index is 2.02. The van der Waals surface area contributed by atoms with Gasteiger partial charge in [0, 0.05) is 18.7 Å².